The molecule has 0 amide bonds. The summed E-state index contributed by atoms with van der Waals surface area (Å²) in [7, 11) is 0. The first-order valence-corrected chi connectivity index (χ1v) is 5.89. The van der Waals surface area contributed by atoms with Crippen molar-refractivity contribution >= 4 is 0 Å². The van der Waals surface area contributed by atoms with Crippen molar-refractivity contribution in [2.75, 3.05) is 26.2 Å². The average molecular weight is 198 g/mol. The molecule has 3 heteroatoms. The fraction of sp³-hybridized carbons (Fsp3) is 1.00. The maximum absolute atomic E-state index is 5.55. The van der Waals surface area contributed by atoms with E-state index in [9.17, 15) is 0 Å². The number of hydrogen-bond donors (Lipinski definition) is 1. The van der Waals surface area contributed by atoms with Gasteiger partial charge in [0.15, 0.2) is 0 Å². The van der Waals surface area contributed by atoms with Gasteiger partial charge >= 0.3 is 0 Å². The second-order valence-corrected chi connectivity index (χ2v) is 4.52. The van der Waals surface area contributed by atoms with Crippen molar-refractivity contribution in [3.05, 3.63) is 0 Å². The first kappa shape index (κ1) is 10.4. The van der Waals surface area contributed by atoms with E-state index in [2.05, 4.69) is 24.1 Å². The minimum atomic E-state index is 0.408. The smallest absolute Gasteiger partial charge is 0.0700 e. The molecule has 0 aromatic heterocycles. The Balaban J connectivity index is 1.75. The van der Waals surface area contributed by atoms with Crippen LogP contribution in [0.25, 0.3) is 0 Å². The van der Waals surface area contributed by atoms with Crippen LogP contribution in [0.3, 0.4) is 0 Å². The van der Waals surface area contributed by atoms with Gasteiger partial charge in [0.05, 0.1) is 6.10 Å². The van der Waals surface area contributed by atoms with Crippen LogP contribution >= 0.6 is 0 Å². The molecule has 0 radical (unpaired) electrons. The summed E-state index contributed by atoms with van der Waals surface area (Å²) in [5.74, 6) is 0. The molecule has 0 bridgehead atoms. The Kier molecular flexibility index (Phi) is 3.42. The van der Waals surface area contributed by atoms with Gasteiger partial charge in [0.25, 0.3) is 0 Å². The molecule has 0 saturated carbocycles. The Morgan fingerprint density at radius 1 is 1.43 bits per heavy atom. The maximum atomic E-state index is 5.55. The molecule has 0 aliphatic carbocycles. The lowest BCUT2D eigenvalue weighted by atomic mass is 10.1. The summed E-state index contributed by atoms with van der Waals surface area (Å²) in [4.78, 5) is 2.51. The summed E-state index contributed by atoms with van der Waals surface area (Å²) in [6.07, 6.45) is 2.89. The zero-order chi connectivity index (χ0) is 9.97. The van der Waals surface area contributed by atoms with Gasteiger partial charge in [-0.25, -0.2) is 0 Å². The largest absolute Gasteiger partial charge is 0.377 e. The van der Waals surface area contributed by atoms with Crippen molar-refractivity contribution in [3.8, 4) is 0 Å². The molecule has 2 rings (SSSR count). The van der Waals surface area contributed by atoms with Gasteiger partial charge in [0.1, 0.15) is 0 Å². The van der Waals surface area contributed by atoms with E-state index >= 15 is 0 Å². The Morgan fingerprint density at radius 3 is 2.86 bits per heavy atom. The molecule has 2 aliphatic rings. The quantitative estimate of drug-likeness (QED) is 0.727. The Bertz CT molecular complexity index is 186. The molecule has 3 atom stereocenters. The fourth-order valence-electron chi connectivity index (χ4n) is 2.51. The number of likely N-dealkylation sites (N-methyl/N-ethyl adjacent to an activating group) is 1. The highest BCUT2D eigenvalue weighted by atomic mass is 16.5. The number of rotatable bonds is 3. The van der Waals surface area contributed by atoms with Crippen LogP contribution in [0.5, 0.6) is 0 Å². The normalized spacial score (nSPS) is 39.4. The van der Waals surface area contributed by atoms with E-state index < -0.39 is 0 Å². The monoisotopic (exact) mass is 198 g/mol. The van der Waals surface area contributed by atoms with Gasteiger partial charge < -0.3 is 15.0 Å². The molecule has 2 saturated heterocycles. The third-order valence-electron chi connectivity index (χ3n) is 3.55. The third-order valence-corrected chi connectivity index (χ3v) is 3.55. The molecule has 82 valence electrons. The number of hydrogen-bond acceptors (Lipinski definition) is 3. The van der Waals surface area contributed by atoms with Gasteiger partial charge in [-0.1, -0.05) is 6.92 Å². The Hall–Kier alpha value is -0.120. The van der Waals surface area contributed by atoms with Gasteiger partial charge in [-0.3, -0.25) is 0 Å². The summed E-state index contributed by atoms with van der Waals surface area (Å²) in [5, 5.41) is 3.73. The van der Waals surface area contributed by atoms with Crippen LogP contribution in [-0.2, 0) is 4.74 Å². The predicted octanol–water partition coefficient (Wildman–Crippen LogP) is 0.848. The first-order chi connectivity index (χ1) is 6.79. The predicted molar refractivity (Wildman–Crippen MR) is 57.5 cm³/mol. The molecule has 2 fully saturated rings. The molecule has 1 N–H and O–H groups in total. The molecule has 14 heavy (non-hydrogen) atoms. The van der Waals surface area contributed by atoms with Crippen molar-refractivity contribution in [1.82, 2.24) is 10.2 Å². The SMILES string of the molecule is CCN1CCC(NC2CCOC2C)C1. The fourth-order valence-corrected chi connectivity index (χ4v) is 2.51. The van der Waals surface area contributed by atoms with Gasteiger partial charge in [-0.2, -0.15) is 0 Å². The molecule has 0 aromatic rings. The number of nitrogens with zero attached hydrogens (tertiary/aromatic N) is 1. The molecule has 2 aliphatic heterocycles. The first-order valence-electron chi connectivity index (χ1n) is 5.89. The summed E-state index contributed by atoms with van der Waals surface area (Å²) in [6, 6.07) is 1.29. The highest BCUT2D eigenvalue weighted by Crippen LogP contribution is 2.16. The molecule has 0 spiro atoms. The lowest BCUT2D eigenvalue weighted by Crippen LogP contribution is -2.43. The van der Waals surface area contributed by atoms with E-state index in [4.69, 9.17) is 4.74 Å². The van der Waals surface area contributed by atoms with E-state index in [1.54, 1.807) is 0 Å². The highest BCUT2D eigenvalue weighted by Gasteiger charge is 2.29. The average Bonchev–Trinajstić information content (AvgIpc) is 2.77. The second kappa shape index (κ2) is 4.60. The van der Waals surface area contributed by atoms with Gasteiger partial charge in [-0.05, 0) is 32.9 Å². The van der Waals surface area contributed by atoms with Crippen molar-refractivity contribution in [2.24, 2.45) is 0 Å². The maximum Gasteiger partial charge on any atom is 0.0700 e. The molecule has 3 nitrogen and oxygen atoms in total. The summed E-state index contributed by atoms with van der Waals surface area (Å²) in [6.45, 7) is 9.02. The van der Waals surface area contributed by atoms with Crippen molar-refractivity contribution in [1.29, 1.82) is 0 Å². The van der Waals surface area contributed by atoms with E-state index in [1.165, 1.54) is 32.5 Å². The van der Waals surface area contributed by atoms with E-state index in [-0.39, 0.29) is 0 Å². The van der Waals surface area contributed by atoms with Gasteiger partial charge in [0, 0.05) is 25.2 Å². The van der Waals surface area contributed by atoms with E-state index in [0.29, 0.717) is 18.2 Å². The number of likely N-dealkylation sites (tertiary alicyclic amines) is 1. The van der Waals surface area contributed by atoms with Gasteiger partial charge in [0.2, 0.25) is 0 Å². The summed E-state index contributed by atoms with van der Waals surface area (Å²) in [5.41, 5.74) is 0. The van der Waals surface area contributed by atoms with Crippen LogP contribution < -0.4 is 5.32 Å². The zero-order valence-corrected chi connectivity index (χ0v) is 9.33. The minimum Gasteiger partial charge on any atom is -0.377 e. The van der Waals surface area contributed by atoms with E-state index in [1.807, 2.05) is 0 Å². The standard InChI is InChI=1S/C11H22N2O/c1-3-13-6-4-10(8-13)12-11-5-7-14-9(11)2/h9-12H,3-8H2,1-2H3. The number of nitrogens with one attached hydrogen (secondary N) is 1. The lowest BCUT2D eigenvalue weighted by Gasteiger charge is -2.21. The summed E-state index contributed by atoms with van der Waals surface area (Å²) >= 11 is 0. The lowest BCUT2D eigenvalue weighted by molar-refractivity contribution is 0.111. The van der Waals surface area contributed by atoms with Crippen molar-refractivity contribution in [3.63, 3.8) is 0 Å². The van der Waals surface area contributed by atoms with Gasteiger partial charge in [-0.15, -0.1) is 0 Å². The van der Waals surface area contributed by atoms with Crippen molar-refractivity contribution < 1.29 is 4.74 Å². The molecule has 2 heterocycles. The van der Waals surface area contributed by atoms with Crippen LogP contribution in [0.4, 0.5) is 0 Å². The topological polar surface area (TPSA) is 24.5 Å². The number of ether oxygens (including phenoxy) is 1. The molecule has 3 unspecified atom stereocenters. The highest BCUT2D eigenvalue weighted by molar-refractivity contribution is 4.87. The molecule has 0 aromatic carbocycles. The Morgan fingerprint density at radius 2 is 2.29 bits per heavy atom. The second-order valence-electron chi connectivity index (χ2n) is 4.52. The van der Waals surface area contributed by atoms with Crippen LogP contribution in [0.2, 0.25) is 0 Å². The van der Waals surface area contributed by atoms with Crippen LogP contribution in [-0.4, -0.2) is 49.3 Å². The Labute approximate surface area is 86.8 Å². The minimum absolute atomic E-state index is 0.408. The molecular formula is C11H22N2O. The van der Waals surface area contributed by atoms with Crippen LogP contribution in [0, 0.1) is 0 Å². The molecular weight excluding hydrogens is 176 g/mol. The van der Waals surface area contributed by atoms with Crippen LogP contribution in [0.15, 0.2) is 0 Å². The van der Waals surface area contributed by atoms with E-state index in [0.717, 1.165) is 6.61 Å². The van der Waals surface area contributed by atoms with Crippen LogP contribution in [0.1, 0.15) is 26.7 Å². The third kappa shape index (κ3) is 2.27. The zero-order valence-electron chi connectivity index (χ0n) is 9.33. The van der Waals surface area contributed by atoms with Crippen molar-refractivity contribution in [2.45, 2.75) is 44.9 Å². The summed E-state index contributed by atoms with van der Waals surface area (Å²) < 4.78 is 5.55.